The highest BCUT2D eigenvalue weighted by atomic mass is 15.4. The van der Waals surface area contributed by atoms with E-state index in [1.807, 2.05) is 0 Å². The van der Waals surface area contributed by atoms with Gasteiger partial charge in [0.05, 0.1) is 19.3 Å². The van der Waals surface area contributed by atoms with Crippen LogP contribution >= 0.6 is 0 Å². The Morgan fingerprint density at radius 2 is 0.968 bits per heavy atom. The first kappa shape index (κ1) is 28.4. The molecule has 31 heavy (non-hydrogen) atoms. The number of hydrogen-bond acceptors (Lipinski definition) is 1. The van der Waals surface area contributed by atoms with Crippen molar-refractivity contribution < 1.29 is 4.48 Å². The fourth-order valence-corrected chi connectivity index (χ4v) is 5.04. The zero-order valence-corrected chi connectivity index (χ0v) is 21.8. The van der Waals surface area contributed by atoms with Crippen molar-refractivity contribution in [3.63, 3.8) is 0 Å². The molecule has 0 aliphatic carbocycles. The summed E-state index contributed by atoms with van der Waals surface area (Å²) in [5.41, 5.74) is 0. The van der Waals surface area contributed by atoms with Gasteiger partial charge in [-0.15, -0.1) is 0 Å². The van der Waals surface area contributed by atoms with Crippen molar-refractivity contribution in [3.8, 4) is 0 Å². The van der Waals surface area contributed by atoms with E-state index in [2.05, 4.69) is 33.2 Å². The van der Waals surface area contributed by atoms with Crippen molar-refractivity contribution >= 4 is 5.84 Å². The van der Waals surface area contributed by atoms with E-state index >= 15 is 0 Å². The Kier molecular flexibility index (Phi) is 18.3. The standard InChI is InChI=1S/C29H57N2/c1-4-7-9-11-13-15-17-19-21-23-25-29-30-26-28-31(29,6-3)27-24-22-20-18-16-14-12-10-8-5-2/h26,28H,4-25,27H2,1-3H3/q+1. The van der Waals surface area contributed by atoms with Crippen molar-refractivity contribution in [2.75, 3.05) is 13.1 Å². The van der Waals surface area contributed by atoms with E-state index in [-0.39, 0.29) is 0 Å². The van der Waals surface area contributed by atoms with Gasteiger partial charge in [-0.2, -0.15) is 0 Å². The van der Waals surface area contributed by atoms with Crippen molar-refractivity contribution in [1.82, 2.24) is 0 Å². The van der Waals surface area contributed by atoms with Crippen LogP contribution in [0, 0.1) is 0 Å². The molecule has 1 heterocycles. The fourth-order valence-electron chi connectivity index (χ4n) is 5.04. The molecule has 0 amide bonds. The molecule has 182 valence electrons. The second-order valence-corrected chi connectivity index (χ2v) is 10.0. The molecule has 0 radical (unpaired) electrons. The maximum absolute atomic E-state index is 4.81. The number of amidine groups is 1. The monoisotopic (exact) mass is 433 g/mol. The summed E-state index contributed by atoms with van der Waals surface area (Å²) in [5, 5.41) is 0. The van der Waals surface area contributed by atoms with Crippen LogP contribution in [-0.4, -0.2) is 23.4 Å². The van der Waals surface area contributed by atoms with Crippen LogP contribution in [0.2, 0.25) is 0 Å². The molecule has 1 aliphatic heterocycles. The molecule has 0 saturated carbocycles. The lowest BCUT2D eigenvalue weighted by Gasteiger charge is -2.31. The maximum atomic E-state index is 4.81. The molecule has 0 fully saturated rings. The topological polar surface area (TPSA) is 12.4 Å². The molecule has 0 aromatic heterocycles. The molecular weight excluding hydrogens is 376 g/mol. The fraction of sp³-hybridized carbons (Fsp3) is 0.897. The highest BCUT2D eigenvalue weighted by Gasteiger charge is 2.32. The number of hydrogen-bond donors (Lipinski definition) is 0. The molecule has 2 heteroatoms. The first-order chi connectivity index (χ1) is 15.3. The van der Waals surface area contributed by atoms with Crippen LogP contribution in [0.15, 0.2) is 17.4 Å². The molecular formula is C29H57N2+. The van der Waals surface area contributed by atoms with E-state index in [0.717, 1.165) is 4.48 Å². The Labute approximate surface area is 196 Å². The molecule has 1 unspecified atom stereocenters. The SMILES string of the molecule is CCCCCCCCCCCCC1=NC=C[N+]1(CC)CCCCCCCCCCCC. The minimum Gasteiger partial charge on any atom is -0.251 e. The molecule has 0 bridgehead atoms. The van der Waals surface area contributed by atoms with Crippen LogP contribution in [0.3, 0.4) is 0 Å². The van der Waals surface area contributed by atoms with E-state index in [1.54, 1.807) is 0 Å². The van der Waals surface area contributed by atoms with Crippen LogP contribution in [0.1, 0.15) is 156 Å². The molecule has 0 saturated heterocycles. The van der Waals surface area contributed by atoms with E-state index in [4.69, 9.17) is 4.99 Å². The van der Waals surface area contributed by atoms with Gasteiger partial charge in [0, 0.05) is 6.42 Å². The van der Waals surface area contributed by atoms with Crippen molar-refractivity contribution in [3.05, 3.63) is 12.4 Å². The Bertz CT molecular complexity index is 454. The van der Waals surface area contributed by atoms with Gasteiger partial charge in [-0.25, -0.2) is 4.99 Å². The average Bonchev–Trinajstić information content (AvgIpc) is 3.19. The summed E-state index contributed by atoms with van der Waals surface area (Å²) in [7, 11) is 0. The third kappa shape index (κ3) is 13.5. The van der Waals surface area contributed by atoms with Crippen LogP contribution < -0.4 is 0 Å². The van der Waals surface area contributed by atoms with Gasteiger partial charge in [0.1, 0.15) is 6.20 Å². The number of unbranched alkanes of at least 4 members (excludes halogenated alkanes) is 18. The summed E-state index contributed by atoms with van der Waals surface area (Å²) in [6.07, 6.45) is 34.0. The number of quaternary nitrogens is 1. The van der Waals surface area contributed by atoms with Gasteiger partial charge in [-0.05, 0) is 26.2 Å². The van der Waals surface area contributed by atoms with Crippen LogP contribution in [-0.2, 0) is 0 Å². The molecule has 0 aromatic rings. The lowest BCUT2D eigenvalue weighted by atomic mass is 10.0. The summed E-state index contributed by atoms with van der Waals surface area (Å²) in [6, 6.07) is 0. The van der Waals surface area contributed by atoms with Gasteiger partial charge in [-0.1, -0.05) is 123 Å². The summed E-state index contributed by atoms with van der Waals surface area (Å²) < 4.78 is 1.05. The quantitative estimate of drug-likeness (QED) is 0.112. The Hall–Kier alpha value is -0.630. The Morgan fingerprint density at radius 3 is 1.42 bits per heavy atom. The zero-order valence-electron chi connectivity index (χ0n) is 21.8. The minimum atomic E-state index is 1.05. The lowest BCUT2D eigenvalue weighted by molar-refractivity contribution is -0.786. The van der Waals surface area contributed by atoms with E-state index in [1.165, 1.54) is 154 Å². The third-order valence-electron chi connectivity index (χ3n) is 7.32. The van der Waals surface area contributed by atoms with E-state index in [9.17, 15) is 0 Å². The first-order valence-electron chi connectivity index (χ1n) is 14.4. The summed E-state index contributed by atoms with van der Waals surface area (Å²) >= 11 is 0. The molecule has 0 N–H and O–H groups in total. The summed E-state index contributed by atoms with van der Waals surface area (Å²) in [6.45, 7) is 9.38. The number of aliphatic imine (C=N–C) groups is 1. The Balaban J connectivity index is 2.07. The second kappa shape index (κ2) is 20.0. The van der Waals surface area contributed by atoms with Crippen LogP contribution in [0.4, 0.5) is 0 Å². The minimum absolute atomic E-state index is 1.05. The predicted octanol–water partition coefficient (Wildman–Crippen LogP) is 9.94. The molecule has 1 aliphatic rings. The van der Waals surface area contributed by atoms with E-state index in [0.29, 0.717) is 0 Å². The first-order valence-corrected chi connectivity index (χ1v) is 14.4. The Morgan fingerprint density at radius 1 is 0.548 bits per heavy atom. The summed E-state index contributed by atoms with van der Waals surface area (Å²) in [5.74, 6) is 1.44. The van der Waals surface area contributed by atoms with Crippen molar-refractivity contribution in [2.45, 2.75) is 156 Å². The van der Waals surface area contributed by atoms with Gasteiger partial charge < -0.3 is 0 Å². The zero-order chi connectivity index (χ0) is 22.5. The number of nitrogens with zero attached hydrogens (tertiary/aromatic N) is 2. The predicted molar refractivity (Wildman–Crippen MR) is 141 cm³/mol. The molecule has 1 rings (SSSR count). The van der Waals surface area contributed by atoms with Gasteiger partial charge in [0.15, 0.2) is 0 Å². The summed E-state index contributed by atoms with van der Waals surface area (Å²) in [4.78, 5) is 4.81. The van der Waals surface area contributed by atoms with Gasteiger partial charge in [0.2, 0.25) is 5.84 Å². The highest BCUT2D eigenvalue weighted by molar-refractivity contribution is 5.78. The van der Waals surface area contributed by atoms with Gasteiger partial charge >= 0.3 is 0 Å². The highest BCUT2D eigenvalue weighted by Crippen LogP contribution is 2.23. The molecule has 1 atom stereocenters. The molecule has 2 nitrogen and oxygen atoms in total. The van der Waals surface area contributed by atoms with Crippen molar-refractivity contribution in [2.24, 2.45) is 4.99 Å². The van der Waals surface area contributed by atoms with Gasteiger partial charge in [-0.3, -0.25) is 4.48 Å². The van der Waals surface area contributed by atoms with Crippen LogP contribution in [0.5, 0.6) is 0 Å². The maximum Gasteiger partial charge on any atom is 0.207 e. The molecule has 0 spiro atoms. The normalized spacial score (nSPS) is 18.1. The largest absolute Gasteiger partial charge is 0.251 e. The smallest absolute Gasteiger partial charge is 0.207 e. The van der Waals surface area contributed by atoms with E-state index < -0.39 is 0 Å². The molecule has 0 aromatic carbocycles. The number of rotatable bonds is 23. The van der Waals surface area contributed by atoms with Crippen molar-refractivity contribution in [1.29, 1.82) is 0 Å². The lowest BCUT2D eigenvalue weighted by Crippen LogP contribution is -2.47. The van der Waals surface area contributed by atoms with Gasteiger partial charge in [0.25, 0.3) is 0 Å². The average molecular weight is 434 g/mol. The van der Waals surface area contributed by atoms with Crippen LogP contribution in [0.25, 0.3) is 0 Å². The second-order valence-electron chi connectivity index (χ2n) is 10.0. The third-order valence-corrected chi connectivity index (χ3v) is 7.32.